The number of aromatic amines is 1. The van der Waals surface area contributed by atoms with Gasteiger partial charge in [-0.1, -0.05) is 29.8 Å². The van der Waals surface area contributed by atoms with E-state index in [1.54, 1.807) is 20.8 Å². The van der Waals surface area contributed by atoms with Gasteiger partial charge >= 0.3 is 5.97 Å². The molecule has 2 N–H and O–H groups in total. The molecule has 0 aliphatic rings. The lowest BCUT2D eigenvalue weighted by Crippen LogP contribution is -2.28. The van der Waals surface area contributed by atoms with Gasteiger partial charge in [0.2, 0.25) is 10.0 Å². The number of esters is 1. The van der Waals surface area contributed by atoms with Crippen molar-refractivity contribution in [3.8, 4) is 0 Å². The monoisotopic (exact) mass is 364 g/mol. The fourth-order valence-corrected chi connectivity index (χ4v) is 4.17. The first-order valence-corrected chi connectivity index (χ1v) is 9.66. The number of sulfonamides is 1. The first-order chi connectivity index (χ1) is 11.8. The molecule has 0 aliphatic heterocycles. The van der Waals surface area contributed by atoms with E-state index < -0.39 is 16.0 Å². The summed E-state index contributed by atoms with van der Waals surface area (Å²) in [6, 6.07) is 7.92. The van der Waals surface area contributed by atoms with Crippen LogP contribution in [0.1, 0.15) is 39.8 Å². The number of carbonyl (C=O) groups excluding carboxylic acids is 1. The molecule has 0 atom stereocenters. The Balaban J connectivity index is 2.19. The molecular weight excluding hydrogens is 340 g/mol. The van der Waals surface area contributed by atoms with E-state index in [1.165, 1.54) is 0 Å². The minimum Gasteiger partial charge on any atom is -0.462 e. The van der Waals surface area contributed by atoms with Crippen LogP contribution in [0.15, 0.2) is 29.2 Å². The highest BCUT2D eigenvalue weighted by Gasteiger charge is 2.29. The Kier molecular flexibility index (Phi) is 6.02. The number of ether oxygens (including phenoxy) is 1. The van der Waals surface area contributed by atoms with Gasteiger partial charge in [0.15, 0.2) is 0 Å². The number of rotatable bonds is 7. The summed E-state index contributed by atoms with van der Waals surface area (Å²) < 4.78 is 33.0. The van der Waals surface area contributed by atoms with E-state index >= 15 is 0 Å². The van der Waals surface area contributed by atoms with E-state index in [1.807, 2.05) is 31.2 Å². The first-order valence-electron chi connectivity index (χ1n) is 8.17. The average Bonchev–Trinajstić information content (AvgIpc) is 2.84. The number of carbonyl (C=O) groups is 1. The van der Waals surface area contributed by atoms with Crippen LogP contribution in [0.5, 0.6) is 0 Å². The molecule has 1 aromatic heterocycles. The Morgan fingerprint density at radius 1 is 1.12 bits per heavy atom. The second-order valence-corrected chi connectivity index (χ2v) is 7.64. The molecular formula is C18H24N2O4S. The molecule has 0 radical (unpaired) electrons. The van der Waals surface area contributed by atoms with Crippen molar-refractivity contribution in [3.63, 3.8) is 0 Å². The minimum absolute atomic E-state index is 0.0349. The largest absolute Gasteiger partial charge is 0.462 e. The summed E-state index contributed by atoms with van der Waals surface area (Å²) >= 11 is 0. The van der Waals surface area contributed by atoms with Gasteiger partial charge in [-0.05, 0) is 39.7 Å². The van der Waals surface area contributed by atoms with Gasteiger partial charge in [-0.2, -0.15) is 0 Å². The van der Waals surface area contributed by atoms with E-state index in [4.69, 9.17) is 4.74 Å². The van der Waals surface area contributed by atoms with Crippen LogP contribution in [-0.2, 0) is 21.2 Å². The van der Waals surface area contributed by atoms with Gasteiger partial charge in [-0.25, -0.2) is 17.9 Å². The van der Waals surface area contributed by atoms with Crippen LogP contribution in [-0.4, -0.2) is 32.5 Å². The fraction of sp³-hybridized carbons (Fsp3) is 0.389. The number of aromatic nitrogens is 1. The summed E-state index contributed by atoms with van der Waals surface area (Å²) in [5.74, 6) is -0.636. The molecule has 0 unspecified atom stereocenters. The molecule has 2 rings (SSSR count). The van der Waals surface area contributed by atoms with E-state index in [0.717, 1.165) is 11.1 Å². The summed E-state index contributed by atoms with van der Waals surface area (Å²) in [7, 11) is -3.82. The van der Waals surface area contributed by atoms with Crippen molar-refractivity contribution in [1.29, 1.82) is 0 Å². The predicted molar refractivity (Wildman–Crippen MR) is 96.3 cm³/mol. The number of hydrogen-bond acceptors (Lipinski definition) is 4. The molecule has 0 spiro atoms. The highest BCUT2D eigenvalue weighted by molar-refractivity contribution is 7.89. The molecule has 0 saturated heterocycles. The van der Waals surface area contributed by atoms with Crippen LogP contribution in [0, 0.1) is 20.8 Å². The smallest absolute Gasteiger partial charge is 0.341 e. The molecule has 2 aromatic rings. The van der Waals surface area contributed by atoms with Crippen LogP contribution in [0.2, 0.25) is 0 Å². The van der Waals surface area contributed by atoms with Gasteiger partial charge < -0.3 is 9.72 Å². The van der Waals surface area contributed by atoms with Gasteiger partial charge in [-0.3, -0.25) is 0 Å². The van der Waals surface area contributed by atoms with Crippen LogP contribution in [0.4, 0.5) is 0 Å². The van der Waals surface area contributed by atoms with Gasteiger partial charge in [0.25, 0.3) is 0 Å². The SMILES string of the molecule is CCOC(=O)c1c(C)[nH]c(C)c1S(=O)(=O)NCCc1ccc(C)cc1. The molecule has 7 heteroatoms. The lowest BCUT2D eigenvalue weighted by molar-refractivity contribution is 0.0521. The number of H-pyrrole nitrogens is 1. The van der Waals surface area contributed by atoms with Crippen molar-refractivity contribution in [1.82, 2.24) is 9.71 Å². The Morgan fingerprint density at radius 3 is 2.36 bits per heavy atom. The third-order valence-corrected chi connectivity index (χ3v) is 5.52. The standard InChI is InChI=1S/C18H24N2O4S/c1-5-24-18(21)16-13(3)20-14(4)17(16)25(22,23)19-11-10-15-8-6-12(2)7-9-15/h6-9,19-20H,5,10-11H2,1-4H3. The average molecular weight is 364 g/mol. The van der Waals surface area contributed by atoms with Gasteiger partial charge in [-0.15, -0.1) is 0 Å². The Labute approximate surface area is 148 Å². The molecule has 0 bridgehead atoms. The van der Waals surface area contributed by atoms with Crippen LogP contribution in [0.25, 0.3) is 0 Å². The summed E-state index contributed by atoms with van der Waals surface area (Å²) in [6.45, 7) is 7.40. The van der Waals surface area contributed by atoms with E-state index in [0.29, 0.717) is 17.8 Å². The van der Waals surface area contributed by atoms with Crippen molar-refractivity contribution in [2.24, 2.45) is 0 Å². The second-order valence-electron chi connectivity index (χ2n) is 5.93. The Hall–Kier alpha value is -2.12. The number of benzene rings is 1. The molecule has 25 heavy (non-hydrogen) atoms. The Bertz CT molecular complexity index is 852. The lowest BCUT2D eigenvalue weighted by atomic mass is 10.1. The lowest BCUT2D eigenvalue weighted by Gasteiger charge is -2.09. The number of aryl methyl sites for hydroxylation is 3. The van der Waals surface area contributed by atoms with Gasteiger partial charge in [0.05, 0.1) is 6.61 Å². The Morgan fingerprint density at radius 2 is 1.76 bits per heavy atom. The third kappa shape index (κ3) is 4.49. The zero-order valence-electron chi connectivity index (χ0n) is 15.0. The van der Waals surface area contributed by atoms with E-state index in [2.05, 4.69) is 9.71 Å². The summed E-state index contributed by atoms with van der Waals surface area (Å²) in [4.78, 5) is 15.0. The summed E-state index contributed by atoms with van der Waals surface area (Å²) in [5.41, 5.74) is 3.17. The maximum Gasteiger partial charge on any atom is 0.341 e. The van der Waals surface area contributed by atoms with E-state index in [-0.39, 0.29) is 23.6 Å². The van der Waals surface area contributed by atoms with Crippen LogP contribution in [0.3, 0.4) is 0 Å². The van der Waals surface area contributed by atoms with Crippen LogP contribution < -0.4 is 4.72 Å². The van der Waals surface area contributed by atoms with Crippen molar-refractivity contribution in [3.05, 3.63) is 52.3 Å². The maximum atomic E-state index is 12.7. The molecule has 0 saturated carbocycles. The first kappa shape index (κ1) is 19.2. The molecule has 1 heterocycles. The van der Waals surface area contributed by atoms with Crippen molar-refractivity contribution in [2.75, 3.05) is 13.2 Å². The third-order valence-electron chi connectivity index (χ3n) is 3.89. The second kappa shape index (κ2) is 7.84. The van der Waals surface area contributed by atoms with Gasteiger partial charge in [0, 0.05) is 17.9 Å². The number of hydrogen-bond donors (Lipinski definition) is 2. The fourth-order valence-electron chi connectivity index (χ4n) is 2.70. The summed E-state index contributed by atoms with van der Waals surface area (Å²) in [6.07, 6.45) is 0.566. The molecule has 6 nitrogen and oxygen atoms in total. The van der Waals surface area contributed by atoms with Gasteiger partial charge in [0.1, 0.15) is 10.5 Å². The molecule has 1 aromatic carbocycles. The summed E-state index contributed by atoms with van der Waals surface area (Å²) in [5, 5.41) is 0. The highest BCUT2D eigenvalue weighted by Crippen LogP contribution is 2.24. The van der Waals surface area contributed by atoms with Crippen molar-refractivity contribution in [2.45, 2.75) is 39.0 Å². The molecule has 0 amide bonds. The molecule has 136 valence electrons. The van der Waals surface area contributed by atoms with Crippen molar-refractivity contribution >= 4 is 16.0 Å². The topological polar surface area (TPSA) is 88.3 Å². The maximum absolute atomic E-state index is 12.7. The molecule has 0 fully saturated rings. The quantitative estimate of drug-likeness (QED) is 0.739. The van der Waals surface area contributed by atoms with Crippen LogP contribution >= 0.6 is 0 Å². The zero-order valence-corrected chi connectivity index (χ0v) is 15.8. The molecule has 0 aliphatic carbocycles. The highest BCUT2D eigenvalue weighted by atomic mass is 32.2. The van der Waals surface area contributed by atoms with Crippen molar-refractivity contribution < 1.29 is 17.9 Å². The minimum atomic E-state index is -3.82. The predicted octanol–water partition coefficient (Wildman–Crippen LogP) is 2.64. The normalized spacial score (nSPS) is 11.5. The number of nitrogens with one attached hydrogen (secondary N) is 2. The zero-order chi connectivity index (χ0) is 18.6. The van der Waals surface area contributed by atoms with E-state index in [9.17, 15) is 13.2 Å².